The van der Waals surface area contributed by atoms with Crippen LogP contribution in [0.25, 0.3) is 6.08 Å². The number of hydrogen-bond acceptors (Lipinski definition) is 4. The Bertz CT molecular complexity index is 727. The summed E-state index contributed by atoms with van der Waals surface area (Å²) in [6.07, 6.45) is 3.64. The van der Waals surface area contributed by atoms with E-state index in [0.29, 0.717) is 43.0 Å². The SMILES string of the molecule is C=C(C)[C@H]1CCC#C[C@H](O)C/C(C)=C\c2cc(C(=O)OCC)c(o2)C1. The molecule has 4 nitrogen and oxygen atoms in total. The van der Waals surface area contributed by atoms with Crippen LogP contribution in [0.15, 0.2) is 28.2 Å². The van der Waals surface area contributed by atoms with Crippen molar-refractivity contribution in [2.45, 2.75) is 52.6 Å². The van der Waals surface area contributed by atoms with Crippen LogP contribution < -0.4 is 0 Å². The van der Waals surface area contributed by atoms with E-state index in [9.17, 15) is 9.90 Å². The largest absolute Gasteiger partial charge is 0.462 e. The normalized spacial score (nSPS) is 23.0. The van der Waals surface area contributed by atoms with Crippen LogP contribution in [0.1, 0.15) is 61.9 Å². The average Bonchev–Trinajstić information content (AvgIpc) is 2.92. The molecule has 2 bridgehead atoms. The van der Waals surface area contributed by atoms with Crippen LogP contribution >= 0.6 is 0 Å². The van der Waals surface area contributed by atoms with E-state index in [-0.39, 0.29) is 11.9 Å². The number of aliphatic hydroxyl groups excluding tert-OH is 1. The standard InChI is InChI=1S/C21H26O4/c1-5-24-21(23)19-13-18-11-15(4)10-17(22)9-7-6-8-16(14(2)3)12-20(19)25-18/h11,13,16-17,22H,2,5-6,8,10,12H2,1,3-4H3/b15-11-/t16-,17-/m0/s1. The van der Waals surface area contributed by atoms with Gasteiger partial charge in [-0.25, -0.2) is 4.79 Å². The zero-order valence-corrected chi connectivity index (χ0v) is 15.2. The predicted molar refractivity (Wildman–Crippen MR) is 98.0 cm³/mol. The van der Waals surface area contributed by atoms with Crippen LogP contribution in [0.3, 0.4) is 0 Å². The maximum atomic E-state index is 12.3. The van der Waals surface area contributed by atoms with Crippen molar-refractivity contribution in [1.29, 1.82) is 0 Å². The third-order valence-corrected chi connectivity index (χ3v) is 4.24. The van der Waals surface area contributed by atoms with Crippen molar-refractivity contribution in [3.05, 3.63) is 40.9 Å². The van der Waals surface area contributed by atoms with Gasteiger partial charge in [0.2, 0.25) is 0 Å². The fourth-order valence-corrected chi connectivity index (χ4v) is 2.89. The van der Waals surface area contributed by atoms with E-state index in [1.807, 2.05) is 19.9 Å². The number of allylic oxidation sites excluding steroid dienone is 1. The molecule has 0 saturated carbocycles. The van der Waals surface area contributed by atoms with E-state index in [2.05, 4.69) is 18.4 Å². The van der Waals surface area contributed by atoms with E-state index < -0.39 is 6.10 Å². The zero-order valence-electron chi connectivity index (χ0n) is 15.2. The van der Waals surface area contributed by atoms with E-state index in [1.165, 1.54) is 0 Å². The van der Waals surface area contributed by atoms with Gasteiger partial charge < -0.3 is 14.3 Å². The summed E-state index contributed by atoms with van der Waals surface area (Å²) in [5.41, 5.74) is 2.43. The van der Waals surface area contributed by atoms with Crippen LogP contribution in [-0.4, -0.2) is 23.8 Å². The molecule has 1 aromatic heterocycles. The van der Waals surface area contributed by atoms with Gasteiger partial charge >= 0.3 is 5.97 Å². The first-order valence-corrected chi connectivity index (χ1v) is 8.69. The van der Waals surface area contributed by atoms with Crippen LogP contribution in [0, 0.1) is 17.8 Å². The minimum Gasteiger partial charge on any atom is -0.462 e. The molecular weight excluding hydrogens is 316 g/mol. The lowest BCUT2D eigenvalue weighted by Crippen LogP contribution is -2.11. The van der Waals surface area contributed by atoms with Crippen molar-refractivity contribution >= 4 is 12.0 Å². The van der Waals surface area contributed by atoms with E-state index >= 15 is 0 Å². The summed E-state index contributed by atoms with van der Waals surface area (Å²) in [5.74, 6) is 6.94. The quantitative estimate of drug-likeness (QED) is 0.509. The highest BCUT2D eigenvalue weighted by atomic mass is 16.5. The fraction of sp³-hybridized carbons (Fsp3) is 0.476. The summed E-state index contributed by atoms with van der Waals surface area (Å²) in [5, 5.41) is 10.0. The van der Waals surface area contributed by atoms with Crippen LogP contribution in [0.2, 0.25) is 0 Å². The van der Waals surface area contributed by atoms with Gasteiger partial charge in [0.15, 0.2) is 0 Å². The van der Waals surface area contributed by atoms with Crippen molar-refractivity contribution in [3.8, 4) is 11.8 Å². The Morgan fingerprint density at radius 1 is 1.48 bits per heavy atom. The molecule has 0 spiro atoms. The number of hydrogen-bond donors (Lipinski definition) is 1. The number of carbonyl (C=O) groups is 1. The third kappa shape index (κ3) is 5.37. The molecule has 1 aliphatic heterocycles. The van der Waals surface area contributed by atoms with Gasteiger partial charge in [0.05, 0.1) is 6.61 Å². The molecule has 2 atom stereocenters. The molecule has 0 radical (unpaired) electrons. The first-order valence-electron chi connectivity index (χ1n) is 8.69. The second-order valence-corrected chi connectivity index (χ2v) is 6.52. The molecule has 0 unspecified atom stereocenters. The molecular formula is C21H26O4. The molecule has 1 aliphatic rings. The van der Waals surface area contributed by atoms with Gasteiger partial charge in [-0.3, -0.25) is 0 Å². The number of ether oxygens (including phenoxy) is 1. The molecule has 0 fully saturated rings. The number of aliphatic hydroxyl groups is 1. The number of rotatable bonds is 3. The van der Waals surface area contributed by atoms with Crippen molar-refractivity contribution in [2.75, 3.05) is 6.61 Å². The predicted octanol–water partition coefficient (Wildman–Crippen LogP) is 4.14. The smallest absolute Gasteiger partial charge is 0.341 e. The second kappa shape index (κ2) is 8.73. The van der Waals surface area contributed by atoms with Crippen molar-refractivity contribution in [1.82, 2.24) is 0 Å². The minimum atomic E-state index is -0.695. The highest BCUT2D eigenvalue weighted by Gasteiger charge is 2.22. The van der Waals surface area contributed by atoms with Gasteiger partial charge in [0, 0.05) is 19.3 Å². The minimum absolute atomic E-state index is 0.157. The molecule has 1 N–H and O–H groups in total. The highest BCUT2D eigenvalue weighted by molar-refractivity contribution is 5.91. The molecule has 25 heavy (non-hydrogen) atoms. The lowest BCUT2D eigenvalue weighted by molar-refractivity contribution is 0.0523. The Hall–Kier alpha value is -2.25. The van der Waals surface area contributed by atoms with Crippen LogP contribution in [-0.2, 0) is 11.2 Å². The zero-order chi connectivity index (χ0) is 18.4. The lowest BCUT2D eigenvalue weighted by atomic mass is 9.91. The van der Waals surface area contributed by atoms with Gasteiger partial charge in [-0.2, -0.15) is 0 Å². The summed E-state index contributed by atoms with van der Waals surface area (Å²) in [6, 6.07) is 1.72. The Balaban J connectivity index is 2.44. The van der Waals surface area contributed by atoms with Crippen LogP contribution in [0.4, 0.5) is 0 Å². The van der Waals surface area contributed by atoms with Crippen LogP contribution in [0.5, 0.6) is 0 Å². The molecule has 0 saturated heterocycles. The summed E-state index contributed by atoms with van der Waals surface area (Å²) in [7, 11) is 0. The summed E-state index contributed by atoms with van der Waals surface area (Å²) < 4.78 is 11.1. The Labute approximate surface area is 149 Å². The molecule has 0 amide bonds. The van der Waals surface area contributed by atoms with Crippen molar-refractivity contribution in [2.24, 2.45) is 5.92 Å². The summed E-state index contributed by atoms with van der Waals surface area (Å²) >= 11 is 0. The molecule has 2 heterocycles. The first-order chi connectivity index (χ1) is 11.9. The average molecular weight is 342 g/mol. The van der Waals surface area contributed by atoms with Gasteiger partial charge in [0.1, 0.15) is 23.2 Å². The number of esters is 1. The molecule has 4 heteroatoms. The third-order valence-electron chi connectivity index (χ3n) is 4.24. The van der Waals surface area contributed by atoms with E-state index in [0.717, 1.165) is 17.6 Å². The summed E-state index contributed by atoms with van der Waals surface area (Å²) in [4.78, 5) is 12.3. The summed E-state index contributed by atoms with van der Waals surface area (Å²) in [6.45, 7) is 10.0. The number of carbonyl (C=O) groups excluding carboxylic acids is 1. The molecule has 2 rings (SSSR count). The topological polar surface area (TPSA) is 59.7 Å². The van der Waals surface area contributed by atoms with Gasteiger partial charge in [0.25, 0.3) is 0 Å². The first kappa shape index (κ1) is 19.1. The Morgan fingerprint density at radius 3 is 2.92 bits per heavy atom. The lowest BCUT2D eigenvalue weighted by Gasteiger charge is -2.15. The monoisotopic (exact) mass is 342 g/mol. The van der Waals surface area contributed by atoms with Gasteiger partial charge in [-0.1, -0.05) is 23.6 Å². The van der Waals surface area contributed by atoms with E-state index in [4.69, 9.17) is 9.15 Å². The van der Waals surface area contributed by atoms with Gasteiger partial charge in [-0.05, 0) is 45.3 Å². The second-order valence-electron chi connectivity index (χ2n) is 6.52. The van der Waals surface area contributed by atoms with Gasteiger partial charge in [-0.15, -0.1) is 5.92 Å². The molecule has 0 aliphatic carbocycles. The maximum Gasteiger partial charge on any atom is 0.341 e. The Kier molecular flexibility index (Phi) is 6.66. The van der Waals surface area contributed by atoms with Crippen molar-refractivity contribution < 1.29 is 19.1 Å². The molecule has 1 aromatic rings. The van der Waals surface area contributed by atoms with E-state index in [1.54, 1.807) is 13.0 Å². The van der Waals surface area contributed by atoms with Crippen molar-refractivity contribution in [3.63, 3.8) is 0 Å². The highest BCUT2D eigenvalue weighted by Crippen LogP contribution is 2.27. The molecule has 134 valence electrons. The fourth-order valence-electron chi connectivity index (χ4n) is 2.89. The number of furan rings is 1. The maximum absolute atomic E-state index is 12.3. The Morgan fingerprint density at radius 2 is 2.24 bits per heavy atom. The molecule has 0 aromatic carbocycles. The number of fused-ring (bicyclic) bond motifs is 2.